The Morgan fingerprint density at radius 3 is 2.56 bits per heavy atom. The molecule has 0 bridgehead atoms. The van der Waals surface area contributed by atoms with Gasteiger partial charge in [0.1, 0.15) is 23.0 Å². The molecular weight excluding hydrogens is 318 g/mol. The van der Waals surface area contributed by atoms with Crippen LogP contribution in [0.25, 0.3) is 5.88 Å². The molecule has 0 radical (unpaired) electrons. The van der Waals surface area contributed by atoms with Crippen molar-refractivity contribution in [3.63, 3.8) is 0 Å². The first-order chi connectivity index (χ1) is 12.0. The van der Waals surface area contributed by atoms with Crippen LogP contribution in [0, 0.1) is 18.3 Å². The van der Waals surface area contributed by atoms with Gasteiger partial charge in [-0.15, -0.1) is 0 Å². The number of hydrogen-bond donors (Lipinski definition) is 2. The molecule has 2 heterocycles. The fraction of sp³-hybridized carbons (Fsp3) is 0.474. The predicted molar refractivity (Wildman–Crippen MR) is 92.5 cm³/mol. The number of aliphatic hydroxyl groups is 1. The minimum absolute atomic E-state index is 0.195. The number of rotatable bonds is 4. The third-order valence-corrected chi connectivity index (χ3v) is 4.86. The lowest BCUT2D eigenvalue weighted by Gasteiger charge is -2.26. The number of furan rings is 1. The highest BCUT2D eigenvalue weighted by Gasteiger charge is 2.30. The maximum absolute atomic E-state index is 12.7. The van der Waals surface area contributed by atoms with E-state index in [9.17, 15) is 15.2 Å². The van der Waals surface area contributed by atoms with Crippen LogP contribution in [0.4, 0.5) is 0 Å². The van der Waals surface area contributed by atoms with Crippen molar-refractivity contribution in [2.75, 3.05) is 6.54 Å². The minimum Gasteiger partial charge on any atom is -0.443 e. The summed E-state index contributed by atoms with van der Waals surface area (Å²) in [5.41, 5.74) is -0.415. The summed E-state index contributed by atoms with van der Waals surface area (Å²) in [5, 5.41) is 23.0. The first kappa shape index (κ1) is 17.3. The fourth-order valence-corrected chi connectivity index (χ4v) is 3.46. The largest absolute Gasteiger partial charge is 0.443 e. The van der Waals surface area contributed by atoms with E-state index >= 15 is 0 Å². The van der Waals surface area contributed by atoms with E-state index in [2.05, 4.69) is 11.4 Å². The second-order valence-corrected chi connectivity index (χ2v) is 6.74. The van der Waals surface area contributed by atoms with Crippen molar-refractivity contribution in [1.82, 2.24) is 9.88 Å². The first-order valence-electron chi connectivity index (χ1n) is 8.71. The highest BCUT2D eigenvalue weighted by atomic mass is 16.4. The Hall–Kier alpha value is -2.52. The summed E-state index contributed by atoms with van der Waals surface area (Å²) in [6.07, 6.45) is 9.08. The lowest BCUT2D eigenvalue weighted by molar-refractivity contribution is 0.0246. The molecule has 0 atom stereocenters. The topological polar surface area (TPSA) is 91.2 Å². The number of nitrogens with one attached hydrogen (secondary N) is 1. The lowest BCUT2D eigenvalue weighted by Crippen LogP contribution is -2.42. The first-order valence-corrected chi connectivity index (χ1v) is 8.71. The molecule has 25 heavy (non-hydrogen) atoms. The van der Waals surface area contributed by atoms with Crippen LogP contribution in [-0.4, -0.2) is 27.7 Å². The van der Waals surface area contributed by atoms with Gasteiger partial charge in [0, 0.05) is 18.9 Å². The van der Waals surface area contributed by atoms with Crippen molar-refractivity contribution < 1.29 is 14.3 Å². The standard InChI is InChI=1S/C19H23N3O3/c1-14-16(15(12-20)18(25-14)22-10-6-7-11-22)17(23)21-13-19(24)8-4-2-3-5-9-19/h6-7,10-11,24H,2-5,8-9,13H2,1H3,(H,21,23). The normalized spacial score (nSPS) is 16.8. The highest BCUT2D eigenvalue weighted by Crippen LogP contribution is 2.28. The second-order valence-electron chi connectivity index (χ2n) is 6.74. The monoisotopic (exact) mass is 341 g/mol. The molecule has 3 rings (SSSR count). The summed E-state index contributed by atoms with van der Waals surface area (Å²) < 4.78 is 7.32. The summed E-state index contributed by atoms with van der Waals surface area (Å²) in [6.45, 7) is 1.86. The summed E-state index contributed by atoms with van der Waals surface area (Å²) in [5.74, 6) is 0.350. The summed E-state index contributed by atoms with van der Waals surface area (Å²) >= 11 is 0. The molecule has 132 valence electrons. The highest BCUT2D eigenvalue weighted by molar-refractivity contribution is 5.98. The van der Waals surface area contributed by atoms with Crippen molar-refractivity contribution in [2.24, 2.45) is 0 Å². The zero-order valence-corrected chi connectivity index (χ0v) is 14.4. The molecule has 1 fully saturated rings. The summed E-state index contributed by atoms with van der Waals surface area (Å²) in [7, 11) is 0. The number of aromatic nitrogens is 1. The summed E-state index contributed by atoms with van der Waals surface area (Å²) in [6, 6.07) is 5.71. The molecule has 1 amide bonds. The molecule has 2 aromatic heterocycles. The van der Waals surface area contributed by atoms with Gasteiger partial charge in [0.05, 0.1) is 5.60 Å². The predicted octanol–water partition coefficient (Wildman–Crippen LogP) is 3.07. The van der Waals surface area contributed by atoms with Gasteiger partial charge in [0.2, 0.25) is 5.88 Å². The van der Waals surface area contributed by atoms with Crippen molar-refractivity contribution in [1.29, 1.82) is 5.26 Å². The molecule has 1 aliphatic carbocycles. The third-order valence-electron chi connectivity index (χ3n) is 4.86. The molecule has 0 aliphatic heterocycles. The Balaban J connectivity index is 1.79. The zero-order chi connectivity index (χ0) is 17.9. The Morgan fingerprint density at radius 2 is 1.96 bits per heavy atom. The number of hydrogen-bond acceptors (Lipinski definition) is 4. The van der Waals surface area contributed by atoms with E-state index in [1.54, 1.807) is 23.9 Å². The quantitative estimate of drug-likeness (QED) is 0.836. The number of aryl methyl sites for hydroxylation is 1. The van der Waals surface area contributed by atoms with Crippen LogP contribution >= 0.6 is 0 Å². The molecule has 6 heteroatoms. The Bertz CT molecular complexity index is 776. The number of carbonyl (C=O) groups excluding carboxylic acids is 1. The number of nitrogens with zero attached hydrogens (tertiary/aromatic N) is 2. The molecule has 0 aromatic carbocycles. The maximum atomic E-state index is 12.7. The van der Waals surface area contributed by atoms with E-state index in [-0.39, 0.29) is 23.6 Å². The van der Waals surface area contributed by atoms with Crippen LogP contribution in [-0.2, 0) is 0 Å². The molecule has 0 saturated heterocycles. The van der Waals surface area contributed by atoms with Crippen LogP contribution in [0.5, 0.6) is 0 Å². The SMILES string of the molecule is Cc1oc(-n2cccc2)c(C#N)c1C(=O)NCC1(O)CCCCCC1. The fourth-order valence-electron chi connectivity index (χ4n) is 3.46. The van der Waals surface area contributed by atoms with Gasteiger partial charge in [-0.05, 0) is 31.9 Å². The Labute approximate surface area is 147 Å². The molecule has 2 aromatic rings. The van der Waals surface area contributed by atoms with Crippen LogP contribution in [0.3, 0.4) is 0 Å². The van der Waals surface area contributed by atoms with E-state index in [1.807, 2.05) is 12.1 Å². The van der Waals surface area contributed by atoms with Gasteiger partial charge < -0.3 is 14.8 Å². The average molecular weight is 341 g/mol. The van der Waals surface area contributed by atoms with Crippen molar-refractivity contribution in [3.05, 3.63) is 41.4 Å². The minimum atomic E-state index is -0.861. The molecule has 0 unspecified atom stereocenters. The van der Waals surface area contributed by atoms with Crippen LogP contribution in [0.1, 0.15) is 60.2 Å². The summed E-state index contributed by atoms with van der Waals surface area (Å²) in [4.78, 5) is 12.7. The number of nitriles is 1. The van der Waals surface area contributed by atoms with E-state index < -0.39 is 5.60 Å². The van der Waals surface area contributed by atoms with E-state index in [1.165, 1.54) is 0 Å². The van der Waals surface area contributed by atoms with E-state index in [0.717, 1.165) is 25.7 Å². The van der Waals surface area contributed by atoms with Gasteiger partial charge in [-0.2, -0.15) is 5.26 Å². The molecule has 1 aliphatic rings. The van der Waals surface area contributed by atoms with Gasteiger partial charge in [-0.3, -0.25) is 9.36 Å². The number of carbonyl (C=O) groups is 1. The van der Waals surface area contributed by atoms with Gasteiger partial charge >= 0.3 is 0 Å². The lowest BCUT2D eigenvalue weighted by atomic mass is 9.94. The zero-order valence-electron chi connectivity index (χ0n) is 14.4. The smallest absolute Gasteiger partial charge is 0.256 e. The molecule has 1 saturated carbocycles. The van der Waals surface area contributed by atoms with Gasteiger partial charge in [0.15, 0.2) is 0 Å². The van der Waals surface area contributed by atoms with Crippen molar-refractivity contribution in [2.45, 2.75) is 51.0 Å². The van der Waals surface area contributed by atoms with E-state index in [4.69, 9.17) is 4.42 Å². The van der Waals surface area contributed by atoms with Crippen molar-refractivity contribution in [3.8, 4) is 12.0 Å². The van der Waals surface area contributed by atoms with Gasteiger partial charge in [-0.25, -0.2) is 0 Å². The molecule has 2 N–H and O–H groups in total. The van der Waals surface area contributed by atoms with Crippen molar-refractivity contribution >= 4 is 5.91 Å². The van der Waals surface area contributed by atoms with Crippen LogP contribution in [0.15, 0.2) is 28.9 Å². The van der Waals surface area contributed by atoms with Gasteiger partial charge in [-0.1, -0.05) is 25.7 Å². The maximum Gasteiger partial charge on any atom is 0.256 e. The Morgan fingerprint density at radius 1 is 1.32 bits per heavy atom. The third kappa shape index (κ3) is 3.62. The molecular formula is C19H23N3O3. The van der Waals surface area contributed by atoms with Crippen LogP contribution < -0.4 is 5.32 Å². The Kier molecular flexibility index (Phi) is 4.95. The van der Waals surface area contributed by atoms with E-state index in [0.29, 0.717) is 24.5 Å². The average Bonchev–Trinajstić information content (AvgIpc) is 3.17. The second kappa shape index (κ2) is 7.16. The number of amides is 1. The van der Waals surface area contributed by atoms with Gasteiger partial charge in [0.25, 0.3) is 5.91 Å². The van der Waals surface area contributed by atoms with Crippen LogP contribution in [0.2, 0.25) is 0 Å². The molecule has 0 spiro atoms. The molecule has 6 nitrogen and oxygen atoms in total.